The zero-order valence-corrected chi connectivity index (χ0v) is 9.85. The van der Waals surface area contributed by atoms with Gasteiger partial charge in [-0.25, -0.2) is 0 Å². The molecule has 1 aromatic carbocycles. The first-order valence-electron chi connectivity index (χ1n) is 5.55. The Morgan fingerprint density at radius 2 is 1.94 bits per heavy atom. The molecule has 0 bridgehead atoms. The Balaban J connectivity index is 2.40. The number of nitrogens with two attached hydrogens (primary N) is 1. The minimum atomic E-state index is -0.568. The minimum Gasteiger partial charge on any atom is -0.464 e. The van der Waals surface area contributed by atoms with E-state index in [1.54, 1.807) is 0 Å². The maximum absolute atomic E-state index is 11.5. The van der Waals surface area contributed by atoms with Gasteiger partial charge in [0.1, 0.15) is 6.04 Å². The van der Waals surface area contributed by atoms with Gasteiger partial charge in [0.15, 0.2) is 0 Å². The van der Waals surface area contributed by atoms with Crippen LogP contribution in [-0.4, -0.2) is 18.6 Å². The molecule has 0 spiro atoms. The highest BCUT2D eigenvalue weighted by molar-refractivity contribution is 5.75. The summed E-state index contributed by atoms with van der Waals surface area (Å²) in [5, 5.41) is 0. The van der Waals surface area contributed by atoms with Crippen molar-refractivity contribution >= 4 is 5.97 Å². The number of esters is 1. The van der Waals surface area contributed by atoms with Gasteiger partial charge in [0, 0.05) is 0 Å². The molecule has 1 atom stereocenters. The summed E-state index contributed by atoms with van der Waals surface area (Å²) in [6.45, 7) is 4.42. The molecule has 0 saturated heterocycles. The zero-order valence-electron chi connectivity index (χ0n) is 9.85. The topological polar surface area (TPSA) is 52.3 Å². The van der Waals surface area contributed by atoms with Gasteiger partial charge in [-0.15, -0.1) is 0 Å². The second-order valence-corrected chi connectivity index (χ2v) is 4.32. The molecule has 0 aliphatic heterocycles. The van der Waals surface area contributed by atoms with Gasteiger partial charge in [0.25, 0.3) is 0 Å². The van der Waals surface area contributed by atoms with Crippen LogP contribution in [0.4, 0.5) is 0 Å². The summed E-state index contributed by atoms with van der Waals surface area (Å²) in [6.07, 6.45) is 0.526. The Labute approximate surface area is 96.6 Å². The van der Waals surface area contributed by atoms with E-state index in [9.17, 15) is 4.79 Å². The first-order valence-corrected chi connectivity index (χ1v) is 5.55. The third kappa shape index (κ3) is 4.45. The SMILES string of the molecule is CC(C)COC(=O)[C@@H](N)Cc1ccccc1. The summed E-state index contributed by atoms with van der Waals surface area (Å²) in [7, 11) is 0. The Kier molecular flexibility index (Phi) is 4.99. The zero-order chi connectivity index (χ0) is 12.0. The van der Waals surface area contributed by atoms with Gasteiger partial charge in [-0.1, -0.05) is 44.2 Å². The maximum Gasteiger partial charge on any atom is 0.323 e. The molecule has 0 saturated carbocycles. The van der Waals surface area contributed by atoms with Crippen LogP contribution in [-0.2, 0) is 16.0 Å². The van der Waals surface area contributed by atoms with Crippen molar-refractivity contribution in [3.8, 4) is 0 Å². The van der Waals surface area contributed by atoms with Gasteiger partial charge in [0.2, 0.25) is 0 Å². The Hall–Kier alpha value is -1.35. The molecule has 0 radical (unpaired) electrons. The van der Waals surface area contributed by atoms with Crippen LogP contribution in [0.25, 0.3) is 0 Å². The van der Waals surface area contributed by atoms with Gasteiger partial charge in [-0.05, 0) is 17.9 Å². The van der Waals surface area contributed by atoms with Crippen LogP contribution in [0.15, 0.2) is 30.3 Å². The number of carbonyl (C=O) groups excluding carboxylic acids is 1. The van der Waals surface area contributed by atoms with Crippen molar-refractivity contribution in [1.29, 1.82) is 0 Å². The number of ether oxygens (including phenoxy) is 1. The summed E-state index contributed by atoms with van der Waals surface area (Å²) in [5.41, 5.74) is 6.81. The Morgan fingerprint density at radius 1 is 1.31 bits per heavy atom. The largest absolute Gasteiger partial charge is 0.464 e. The second-order valence-electron chi connectivity index (χ2n) is 4.32. The normalized spacial score (nSPS) is 12.5. The molecule has 0 aliphatic carbocycles. The highest BCUT2D eigenvalue weighted by atomic mass is 16.5. The van der Waals surface area contributed by atoms with E-state index in [0.717, 1.165) is 5.56 Å². The van der Waals surface area contributed by atoms with Crippen molar-refractivity contribution in [1.82, 2.24) is 0 Å². The molecule has 1 aromatic rings. The van der Waals surface area contributed by atoms with Gasteiger partial charge in [-0.3, -0.25) is 4.79 Å². The van der Waals surface area contributed by atoms with Gasteiger partial charge < -0.3 is 10.5 Å². The van der Waals surface area contributed by atoms with Gasteiger partial charge >= 0.3 is 5.97 Å². The van der Waals surface area contributed by atoms with Crippen LogP contribution in [0.1, 0.15) is 19.4 Å². The lowest BCUT2D eigenvalue weighted by atomic mass is 10.1. The van der Waals surface area contributed by atoms with E-state index in [1.165, 1.54) is 0 Å². The molecule has 0 heterocycles. The molecule has 0 aliphatic rings. The van der Waals surface area contributed by atoms with E-state index in [4.69, 9.17) is 10.5 Å². The van der Waals surface area contributed by atoms with Crippen LogP contribution < -0.4 is 5.73 Å². The average Bonchev–Trinajstić information content (AvgIpc) is 2.27. The molecule has 0 unspecified atom stereocenters. The fraction of sp³-hybridized carbons (Fsp3) is 0.462. The van der Waals surface area contributed by atoms with E-state index in [-0.39, 0.29) is 5.97 Å². The lowest BCUT2D eigenvalue weighted by molar-refractivity contribution is -0.146. The first kappa shape index (κ1) is 12.7. The molecule has 1 rings (SSSR count). The number of hydrogen-bond donors (Lipinski definition) is 1. The van der Waals surface area contributed by atoms with E-state index < -0.39 is 6.04 Å². The van der Waals surface area contributed by atoms with Crippen molar-refractivity contribution in [2.45, 2.75) is 26.3 Å². The lowest BCUT2D eigenvalue weighted by Gasteiger charge is -2.12. The summed E-state index contributed by atoms with van der Waals surface area (Å²) in [4.78, 5) is 11.5. The molecule has 2 N–H and O–H groups in total. The summed E-state index contributed by atoms with van der Waals surface area (Å²) in [6, 6.07) is 9.14. The third-order valence-electron chi connectivity index (χ3n) is 2.16. The molecule has 0 fully saturated rings. The van der Waals surface area contributed by atoms with E-state index in [1.807, 2.05) is 44.2 Å². The molecular weight excluding hydrogens is 202 g/mol. The molecule has 88 valence electrons. The van der Waals surface area contributed by atoms with Crippen LogP contribution >= 0.6 is 0 Å². The predicted molar refractivity (Wildman–Crippen MR) is 63.9 cm³/mol. The average molecular weight is 221 g/mol. The fourth-order valence-corrected chi connectivity index (χ4v) is 1.31. The second kappa shape index (κ2) is 6.28. The van der Waals surface area contributed by atoms with E-state index >= 15 is 0 Å². The Morgan fingerprint density at radius 3 is 2.50 bits per heavy atom. The number of carbonyl (C=O) groups is 1. The predicted octanol–water partition coefficient (Wildman–Crippen LogP) is 1.76. The quantitative estimate of drug-likeness (QED) is 0.771. The lowest BCUT2D eigenvalue weighted by Crippen LogP contribution is -2.35. The standard InChI is InChI=1S/C13H19NO2/c1-10(2)9-16-13(15)12(14)8-11-6-4-3-5-7-11/h3-7,10,12H,8-9,14H2,1-2H3/t12-/m0/s1. The van der Waals surface area contributed by atoms with E-state index in [0.29, 0.717) is 18.9 Å². The summed E-state index contributed by atoms with van der Waals surface area (Å²) >= 11 is 0. The van der Waals surface area contributed by atoms with Crippen LogP contribution in [0.2, 0.25) is 0 Å². The molecular formula is C13H19NO2. The smallest absolute Gasteiger partial charge is 0.323 e. The molecule has 0 aromatic heterocycles. The van der Waals surface area contributed by atoms with E-state index in [2.05, 4.69) is 0 Å². The van der Waals surface area contributed by atoms with Crippen molar-refractivity contribution in [3.05, 3.63) is 35.9 Å². The highest BCUT2D eigenvalue weighted by Crippen LogP contribution is 2.03. The maximum atomic E-state index is 11.5. The fourth-order valence-electron chi connectivity index (χ4n) is 1.31. The molecule has 0 amide bonds. The van der Waals surface area contributed by atoms with Crippen molar-refractivity contribution in [2.24, 2.45) is 11.7 Å². The van der Waals surface area contributed by atoms with Gasteiger partial charge in [0.05, 0.1) is 6.61 Å². The molecule has 3 heteroatoms. The van der Waals surface area contributed by atoms with Crippen molar-refractivity contribution in [2.75, 3.05) is 6.61 Å². The summed E-state index contributed by atoms with van der Waals surface area (Å²) < 4.78 is 5.07. The monoisotopic (exact) mass is 221 g/mol. The minimum absolute atomic E-state index is 0.322. The van der Waals surface area contributed by atoms with Crippen molar-refractivity contribution < 1.29 is 9.53 Å². The van der Waals surface area contributed by atoms with Gasteiger partial charge in [-0.2, -0.15) is 0 Å². The first-order chi connectivity index (χ1) is 7.59. The summed E-state index contributed by atoms with van der Waals surface area (Å²) in [5.74, 6) is 0.0189. The van der Waals surface area contributed by atoms with Crippen LogP contribution in [0, 0.1) is 5.92 Å². The number of rotatable bonds is 5. The number of hydrogen-bond acceptors (Lipinski definition) is 3. The van der Waals surface area contributed by atoms with Crippen LogP contribution in [0.3, 0.4) is 0 Å². The highest BCUT2D eigenvalue weighted by Gasteiger charge is 2.15. The third-order valence-corrected chi connectivity index (χ3v) is 2.16. The Bertz CT molecular complexity index is 322. The van der Waals surface area contributed by atoms with Crippen LogP contribution in [0.5, 0.6) is 0 Å². The number of benzene rings is 1. The molecule has 16 heavy (non-hydrogen) atoms. The molecule has 3 nitrogen and oxygen atoms in total. The van der Waals surface area contributed by atoms with Crippen molar-refractivity contribution in [3.63, 3.8) is 0 Å².